The van der Waals surface area contributed by atoms with Crippen LogP contribution in [0.2, 0.25) is 5.02 Å². The summed E-state index contributed by atoms with van der Waals surface area (Å²) in [4.78, 5) is 27.1. The number of amides is 1. The number of hydrogen-bond donors (Lipinski definition) is 1. The van der Waals surface area contributed by atoms with Gasteiger partial charge in [-0.15, -0.1) is 0 Å². The Morgan fingerprint density at radius 2 is 1.72 bits per heavy atom. The van der Waals surface area contributed by atoms with Crippen LogP contribution in [0.5, 0.6) is 5.75 Å². The van der Waals surface area contributed by atoms with E-state index in [1.807, 2.05) is 0 Å². The highest BCUT2D eigenvalue weighted by Gasteiger charge is 2.45. The Bertz CT molecular complexity index is 921. The van der Waals surface area contributed by atoms with Gasteiger partial charge in [0.15, 0.2) is 0 Å². The Balaban J connectivity index is 2.09. The fourth-order valence-corrected chi connectivity index (χ4v) is 3.51. The van der Waals surface area contributed by atoms with Crippen LogP contribution in [0.1, 0.15) is 23.6 Å². The topological polar surface area (TPSA) is 76.1 Å². The summed E-state index contributed by atoms with van der Waals surface area (Å²) in [5.74, 6) is -0.956. The Hall–Kier alpha value is -2.83. The summed E-state index contributed by atoms with van der Waals surface area (Å²) in [6.07, 6.45) is 0.566. The van der Waals surface area contributed by atoms with Gasteiger partial charge in [0.25, 0.3) is 11.7 Å². The number of benzene rings is 2. The molecule has 3 rings (SSSR count). The van der Waals surface area contributed by atoms with Gasteiger partial charge in [0.1, 0.15) is 11.5 Å². The molecule has 7 heteroatoms. The molecule has 29 heavy (non-hydrogen) atoms. The van der Waals surface area contributed by atoms with Gasteiger partial charge in [-0.25, -0.2) is 0 Å². The number of methoxy groups -OCH3 is 2. The van der Waals surface area contributed by atoms with Gasteiger partial charge in [-0.2, -0.15) is 0 Å². The molecule has 1 saturated heterocycles. The first-order valence-electron chi connectivity index (χ1n) is 9.15. The molecule has 1 aliphatic rings. The summed E-state index contributed by atoms with van der Waals surface area (Å²) < 4.78 is 10.2. The van der Waals surface area contributed by atoms with E-state index in [9.17, 15) is 14.7 Å². The van der Waals surface area contributed by atoms with Gasteiger partial charge in [-0.3, -0.25) is 9.59 Å². The molecular weight excluding hydrogens is 394 g/mol. The molecule has 2 aromatic rings. The lowest BCUT2D eigenvalue weighted by Crippen LogP contribution is -2.31. The van der Waals surface area contributed by atoms with E-state index in [-0.39, 0.29) is 11.3 Å². The molecule has 0 radical (unpaired) electrons. The van der Waals surface area contributed by atoms with E-state index in [1.54, 1.807) is 62.8 Å². The van der Waals surface area contributed by atoms with Crippen molar-refractivity contribution in [1.29, 1.82) is 0 Å². The molecule has 0 aromatic heterocycles. The minimum atomic E-state index is -0.712. The molecular formula is C22H22ClNO5. The van der Waals surface area contributed by atoms with Crippen LogP contribution in [0.25, 0.3) is 5.76 Å². The van der Waals surface area contributed by atoms with Crippen molar-refractivity contribution in [3.8, 4) is 5.75 Å². The van der Waals surface area contributed by atoms with Gasteiger partial charge in [0.2, 0.25) is 0 Å². The fraction of sp³-hybridized carbons (Fsp3) is 0.273. The molecule has 1 aliphatic heterocycles. The van der Waals surface area contributed by atoms with Crippen LogP contribution in [-0.4, -0.2) is 49.1 Å². The van der Waals surface area contributed by atoms with E-state index in [4.69, 9.17) is 21.1 Å². The molecule has 2 aromatic carbocycles. The van der Waals surface area contributed by atoms with E-state index in [0.717, 1.165) is 0 Å². The summed E-state index contributed by atoms with van der Waals surface area (Å²) in [6, 6.07) is 12.8. The van der Waals surface area contributed by atoms with Crippen LogP contribution in [0.4, 0.5) is 0 Å². The van der Waals surface area contributed by atoms with Crippen LogP contribution in [0.15, 0.2) is 54.1 Å². The number of aliphatic hydroxyl groups excluding tert-OH is 1. The Kier molecular flexibility index (Phi) is 6.56. The number of carbonyl (C=O) groups is 2. The second kappa shape index (κ2) is 9.11. The van der Waals surface area contributed by atoms with E-state index < -0.39 is 17.7 Å². The second-order valence-corrected chi connectivity index (χ2v) is 7.06. The molecule has 152 valence electrons. The molecule has 0 spiro atoms. The number of aliphatic hydroxyl groups is 1. The van der Waals surface area contributed by atoms with Crippen molar-refractivity contribution in [3.63, 3.8) is 0 Å². The first-order chi connectivity index (χ1) is 14.0. The summed E-state index contributed by atoms with van der Waals surface area (Å²) in [7, 11) is 3.12. The highest BCUT2D eigenvalue weighted by Crippen LogP contribution is 2.39. The van der Waals surface area contributed by atoms with Crippen LogP contribution in [-0.2, 0) is 14.3 Å². The molecule has 1 atom stereocenters. The lowest BCUT2D eigenvalue weighted by molar-refractivity contribution is -0.140. The zero-order valence-electron chi connectivity index (χ0n) is 16.2. The number of likely N-dealkylation sites (tertiary alicyclic amines) is 1. The largest absolute Gasteiger partial charge is 0.507 e. The minimum absolute atomic E-state index is 0.0555. The third-order valence-corrected chi connectivity index (χ3v) is 5.09. The van der Waals surface area contributed by atoms with Gasteiger partial charge < -0.3 is 19.5 Å². The summed E-state index contributed by atoms with van der Waals surface area (Å²) in [5, 5.41) is 11.5. The van der Waals surface area contributed by atoms with Crippen LogP contribution < -0.4 is 4.74 Å². The SMILES string of the molecule is COCCCN1C(=O)C(=O)/C(=C(/O)c2ccc(OC)cc2)C1c1ccc(Cl)cc1. The highest BCUT2D eigenvalue weighted by atomic mass is 35.5. The van der Waals surface area contributed by atoms with Gasteiger partial charge >= 0.3 is 0 Å². The van der Waals surface area contributed by atoms with Crippen molar-refractivity contribution < 1.29 is 24.2 Å². The van der Waals surface area contributed by atoms with E-state index >= 15 is 0 Å². The first kappa shape index (κ1) is 20.9. The highest BCUT2D eigenvalue weighted by molar-refractivity contribution is 6.46. The number of ketones is 1. The number of carbonyl (C=O) groups excluding carboxylic acids is 2. The second-order valence-electron chi connectivity index (χ2n) is 6.62. The standard InChI is InChI=1S/C22H22ClNO5/c1-28-13-3-12-24-19(14-4-8-16(23)9-5-14)18(21(26)22(24)27)20(25)15-6-10-17(29-2)11-7-15/h4-11,19,25H,3,12-13H2,1-2H3/b20-18+. The number of nitrogens with zero attached hydrogens (tertiary/aromatic N) is 1. The number of ether oxygens (including phenoxy) is 2. The summed E-state index contributed by atoms with van der Waals surface area (Å²) in [5.41, 5.74) is 1.18. The van der Waals surface area contributed by atoms with Crippen LogP contribution in [0.3, 0.4) is 0 Å². The molecule has 1 fully saturated rings. The zero-order chi connectivity index (χ0) is 21.0. The van der Waals surface area contributed by atoms with Gasteiger partial charge in [0.05, 0.1) is 18.7 Å². The third kappa shape index (κ3) is 4.28. The van der Waals surface area contributed by atoms with Crippen molar-refractivity contribution in [3.05, 3.63) is 70.3 Å². The van der Waals surface area contributed by atoms with Crippen molar-refractivity contribution in [2.45, 2.75) is 12.5 Å². The van der Waals surface area contributed by atoms with E-state index in [1.165, 1.54) is 4.90 Å². The monoisotopic (exact) mass is 415 g/mol. The normalized spacial score (nSPS) is 18.3. The predicted octanol–water partition coefficient (Wildman–Crippen LogP) is 3.81. The Labute approximate surface area is 174 Å². The summed E-state index contributed by atoms with van der Waals surface area (Å²) >= 11 is 6.00. The number of hydrogen-bond acceptors (Lipinski definition) is 5. The van der Waals surface area contributed by atoms with Gasteiger partial charge in [-0.05, 0) is 48.4 Å². The Morgan fingerprint density at radius 1 is 1.07 bits per heavy atom. The smallest absolute Gasteiger partial charge is 0.295 e. The number of rotatable bonds is 7. The summed E-state index contributed by atoms with van der Waals surface area (Å²) in [6.45, 7) is 0.778. The van der Waals surface area contributed by atoms with Gasteiger partial charge in [-0.1, -0.05) is 23.7 Å². The number of Topliss-reactive ketones (excluding diaryl/α,β-unsaturated/α-hetero) is 1. The fourth-order valence-electron chi connectivity index (χ4n) is 3.39. The maximum Gasteiger partial charge on any atom is 0.295 e. The molecule has 1 heterocycles. The first-order valence-corrected chi connectivity index (χ1v) is 9.53. The van der Waals surface area contributed by atoms with Crippen molar-refractivity contribution >= 4 is 29.1 Å². The molecule has 0 bridgehead atoms. The molecule has 1 N–H and O–H groups in total. The van der Waals surface area contributed by atoms with E-state index in [2.05, 4.69) is 0 Å². The third-order valence-electron chi connectivity index (χ3n) is 4.84. The molecule has 1 unspecified atom stereocenters. The van der Waals surface area contributed by atoms with Gasteiger partial charge in [0, 0.05) is 30.8 Å². The molecule has 6 nitrogen and oxygen atoms in total. The lowest BCUT2D eigenvalue weighted by atomic mass is 9.95. The van der Waals surface area contributed by atoms with Crippen molar-refractivity contribution in [1.82, 2.24) is 4.90 Å². The quantitative estimate of drug-likeness (QED) is 0.322. The molecule has 0 saturated carbocycles. The van der Waals surface area contributed by atoms with E-state index in [0.29, 0.717) is 41.5 Å². The zero-order valence-corrected chi connectivity index (χ0v) is 17.0. The predicted molar refractivity (Wildman–Crippen MR) is 110 cm³/mol. The molecule has 0 aliphatic carbocycles. The van der Waals surface area contributed by atoms with Crippen LogP contribution >= 0.6 is 11.6 Å². The Morgan fingerprint density at radius 3 is 2.31 bits per heavy atom. The van der Waals surface area contributed by atoms with Crippen molar-refractivity contribution in [2.75, 3.05) is 27.4 Å². The van der Waals surface area contributed by atoms with Crippen LogP contribution in [0, 0.1) is 0 Å². The van der Waals surface area contributed by atoms with Crippen molar-refractivity contribution in [2.24, 2.45) is 0 Å². The molecule has 1 amide bonds. The maximum atomic E-state index is 12.8. The lowest BCUT2D eigenvalue weighted by Gasteiger charge is -2.25. The number of halogens is 1. The average Bonchev–Trinajstić information content (AvgIpc) is 2.99. The minimum Gasteiger partial charge on any atom is -0.507 e. The maximum absolute atomic E-state index is 12.8. The average molecular weight is 416 g/mol.